The molecule has 2 fully saturated rings. The number of nitrogens with zero attached hydrogens (tertiary/aromatic N) is 8. The van der Waals surface area contributed by atoms with Crippen LogP contribution in [0.25, 0.3) is 0 Å². The second-order valence-electron chi connectivity index (χ2n) is 6.65. The maximum atomic E-state index is 9.27. The van der Waals surface area contributed by atoms with E-state index in [2.05, 4.69) is 42.8 Å². The third kappa shape index (κ3) is 3.61. The van der Waals surface area contributed by atoms with Gasteiger partial charge in [-0.3, -0.25) is 0 Å². The molecule has 0 radical (unpaired) electrons. The Morgan fingerprint density at radius 2 is 1.93 bits per heavy atom. The van der Waals surface area contributed by atoms with E-state index in [9.17, 15) is 5.26 Å². The van der Waals surface area contributed by atoms with Crippen molar-refractivity contribution in [1.82, 2.24) is 19.9 Å². The van der Waals surface area contributed by atoms with Crippen molar-refractivity contribution in [3.8, 4) is 6.07 Å². The van der Waals surface area contributed by atoms with Gasteiger partial charge in [-0.1, -0.05) is 0 Å². The Kier molecular flexibility index (Phi) is 4.98. The van der Waals surface area contributed by atoms with Gasteiger partial charge in [0.15, 0.2) is 11.5 Å². The molecule has 4 rings (SSSR count). The highest BCUT2D eigenvalue weighted by atomic mass is 16.5. The van der Waals surface area contributed by atoms with Gasteiger partial charge in [-0.15, -0.1) is 0 Å². The van der Waals surface area contributed by atoms with E-state index in [1.807, 2.05) is 12.3 Å². The van der Waals surface area contributed by atoms with Crippen LogP contribution in [0.2, 0.25) is 0 Å². The average Bonchev–Trinajstić information content (AvgIpc) is 3.24. The second-order valence-corrected chi connectivity index (χ2v) is 6.65. The summed E-state index contributed by atoms with van der Waals surface area (Å²) in [5, 5.41) is 9.27. The van der Waals surface area contributed by atoms with Crippen LogP contribution < -0.4 is 14.7 Å². The molecule has 9 heteroatoms. The summed E-state index contributed by atoms with van der Waals surface area (Å²) >= 11 is 0. The lowest BCUT2D eigenvalue weighted by Crippen LogP contribution is -2.38. The lowest BCUT2D eigenvalue weighted by molar-refractivity contribution is 0.122. The molecule has 2 aliphatic rings. The normalized spacial score (nSPS) is 19.8. The summed E-state index contributed by atoms with van der Waals surface area (Å²) < 4.78 is 5.41. The average molecular weight is 366 g/mol. The molecule has 4 heterocycles. The van der Waals surface area contributed by atoms with E-state index in [4.69, 9.17) is 9.72 Å². The molecule has 2 aromatic rings. The summed E-state index contributed by atoms with van der Waals surface area (Å²) in [5.74, 6) is 2.31. The van der Waals surface area contributed by atoms with Crippen LogP contribution in [0.4, 0.5) is 17.6 Å². The van der Waals surface area contributed by atoms with Crippen molar-refractivity contribution in [3.63, 3.8) is 0 Å². The Hall–Kier alpha value is -2.99. The van der Waals surface area contributed by atoms with Crippen molar-refractivity contribution in [3.05, 3.63) is 30.4 Å². The fourth-order valence-corrected chi connectivity index (χ4v) is 3.53. The fourth-order valence-electron chi connectivity index (χ4n) is 3.53. The smallest absolute Gasteiger partial charge is 0.227 e. The SMILES string of the molecule is CN(c1ccnc(N2CCOCC2)n1)C1CCN(c2nccnc2C#N)C1. The molecule has 0 saturated carbocycles. The van der Waals surface area contributed by atoms with Gasteiger partial charge in [0.25, 0.3) is 0 Å². The molecule has 0 aliphatic carbocycles. The Morgan fingerprint density at radius 1 is 1.11 bits per heavy atom. The fraction of sp³-hybridized carbons (Fsp3) is 0.500. The first-order chi connectivity index (χ1) is 13.3. The minimum atomic E-state index is 0.283. The Bertz CT molecular complexity index is 832. The van der Waals surface area contributed by atoms with Gasteiger partial charge < -0.3 is 19.4 Å². The van der Waals surface area contributed by atoms with Gasteiger partial charge in [-0.2, -0.15) is 10.2 Å². The summed E-state index contributed by atoms with van der Waals surface area (Å²) in [5.41, 5.74) is 0.373. The van der Waals surface area contributed by atoms with Gasteiger partial charge in [0.2, 0.25) is 5.95 Å². The molecule has 0 N–H and O–H groups in total. The third-order valence-electron chi connectivity index (χ3n) is 5.08. The second kappa shape index (κ2) is 7.72. The predicted molar refractivity (Wildman–Crippen MR) is 101 cm³/mol. The first-order valence-electron chi connectivity index (χ1n) is 9.11. The molecular weight excluding hydrogens is 344 g/mol. The number of nitriles is 1. The third-order valence-corrected chi connectivity index (χ3v) is 5.08. The van der Waals surface area contributed by atoms with E-state index in [1.54, 1.807) is 12.4 Å². The minimum Gasteiger partial charge on any atom is -0.378 e. The zero-order chi connectivity index (χ0) is 18.6. The molecule has 27 heavy (non-hydrogen) atoms. The van der Waals surface area contributed by atoms with Gasteiger partial charge in [0.1, 0.15) is 11.9 Å². The monoisotopic (exact) mass is 366 g/mol. The van der Waals surface area contributed by atoms with Gasteiger partial charge in [0.05, 0.1) is 13.2 Å². The van der Waals surface area contributed by atoms with E-state index >= 15 is 0 Å². The van der Waals surface area contributed by atoms with E-state index in [0.29, 0.717) is 24.7 Å². The van der Waals surface area contributed by atoms with E-state index in [-0.39, 0.29) is 6.04 Å². The zero-order valence-electron chi connectivity index (χ0n) is 15.3. The van der Waals surface area contributed by atoms with Crippen LogP contribution in [0.3, 0.4) is 0 Å². The quantitative estimate of drug-likeness (QED) is 0.774. The molecule has 1 atom stereocenters. The summed E-state index contributed by atoms with van der Waals surface area (Å²) in [6.07, 6.45) is 5.96. The number of hydrogen-bond donors (Lipinski definition) is 0. The molecule has 0 bridgehead atoms. The molecule has 2 aliphatic heterocycles. The van der Waals surface area contributed by atoms with Crippen LogP contribution in [0.1, 0.15) is 12.1 Å². The standard InChI is InChI=1S/C18H22N8O/c1-24(16-2-4-22-18(23-16)25-8-10-27-11-9-25)14-3-7-26(13-14)17-15(12-19)20-5-6-21-17/h2,4-6,14H,3,7-11,13H2,1H3. The number of hydrogen-bond acceptors (Lipinski definition) is 9. The van der Waals surface area contributed by atoms with E-state index in [1.165, 1.54) is 0 Å². The number of aromatic nitrogens is 4. The van der Waals surface area contributed by atoms with Crippen molar-refractivity contribution in [2.75, 3.05) is 61.1 Å². The lowest BCUT2D eigenvalue weighted by Gasteiger charge is -2.29. The van der Waals surface area contributed by atoms with Crippen molar-refractivity contribution >= 4 is 17.6 Å². The molecular formula is C18H22N8O. The molecule has 0 spiro atoms. The molecule has 1 unspecified atom stereocenters. The molecule has 2 aromatic heterocycles. The maximum Gasteiger partial charge on any atom is 0.227 e. The highest BCUT2D eigenvalue weighted by Crippen LogP contribution is 2.25. The van der Waals surface area contributed by atoms with E-state index in [0.717, 1.165) is 44.4 Å². The van der Waals surface area contributed by atoms with Crippen LogP contribution in [-0.4, -0.2) is 72.4 Å². The Morgan fingerprint density at radius 3 is 2.74 bits per heavy atom. The summed E-state index contributed by atoms with van der Waals surface area (Å²) in [4.78, 5) is 24.1. The van der Waals surface area contributed by atoms with Gasteiger partial charge in [-0.05, 0) is 12.5 Å². The van der Waals surface area contributed by atoms with Crippen molar-refractivity contribution in [1.29, 1.82) is 5.26 Å². The highest BCUT2D eigenvalue weighted by molar-refractivity contribution is 5.52. The first kappa shape index (κ1) is 17.4. The summed E-state index contributed by atoms with van der Waals surface area (Å²) in [6.45, 7) is 4.66. The van der Waals surface area contributed by atoms with Crippen LogP contribution in [0.15, 0.2) is 24.7 Å². The molecule has 0 amide bonds. The lowest BCUT2D eigenvalue weighted by atomic mass is 10.2. The first-order valence-corrected chi connectivity index (χ1v) is 9.11. The maximum absolute atomic E-state index is 9.27. The summed E-state index contributed by atoms with van der Waals surface area (Å²) in [7, 11) is 2.06. The Balaban J connectivity index is 1.47. The molecule has 2 saturated heterocycles. The predicted octanol–water partition coefficient (Wildman–Crippen LogP) is 0.690. The topological polar surface area (TPSA) is 94.3 Å². The molecule has 140 valence electrons. The van der Waals surface area contributed by atoms with Crippen LogP contribution in [0.5, 0.6) is 0 Å². The molecule has 0 aromatic carbocycles. The Labute approximate surface area is 158 Å². The number of morpholine rings is 1. The highest BCUT2D eigenvalue weighted by Gasteiger charge is 2.29. The minimum absolute atomic E-state index is 0.283. The van der Waals surface area contributed by atoms with Crippen LogP contribution in [-0.2, 0) is 4.74 Å². The largest absolute Gasteiger partial charge is 0.378 e. The van der Waals surface area contributed by atoms with Gasteiger partial charge in [0, 0.05) is 57.9 Å². The number of anilines is 3. The van der Waals surface area contributed by atoms with Crippen molar-refractivity contribution in [2.45, 2.75) is 12.5 Å². The van der Waals surface area contributed by atoms with Gasteiger partial charge in [-0.25, -0.2) is 15.0 Å². The molecule has 9 nitrogen and oxygen atoms in total. The summed E-state index contributed by atoms with van der Waals surface area (Å²) in [6, 6.07) is 4.35. The number of rotatable bonds is 4. The zero-order valence-corrected chi connectivity index (χ0v) is 15.3. The van der Waals surface area contributed by atoms with Crippen molar-refractivity contribution < 1.29 is 4.74 Å². The van der Waals surface area contributed by atoms with Gasteiger partial charge >= 0.3 is 0 Å². The van der Waals surface area contributed by atoms with Crippen LogP contribution >= 0.6 is 0 Å². The van der Waals surface area contributed by atoms with E-state index < -0.39 is 0 Å². The van der Waals surface area contributed by atoms with Crippen molar-refractivity contribution in [2.24, 2.45) is 0 Å². The number of ether oxygens (including phenoxy) is 1. The van der Waals surface area contributed by atoms with Crippen LogP contribution in [0, 0.1) is 11.3 Å². The number of likely N-dealkylation sites (N-methyl/N-ethyl adjacent to an activating group) is 1.